The van der Waals surface area contributed by atoms with Crippen molar-refractivity contribution in [3.63, 3.8) is 0 Å². The summed E-state index contributed by atoms with van der Waals surface area (Å²) in [5.41, 5.74) is 3.39. The van der Waals surface area contributed by atoms with Crippen LogP contribution in [-0.4, -0.2) is 8.42 Å². The lowest BCUT2D eigenvalue weighted by Gasteiger charge is -2.06. The molecule has 0 spiro atoms. The van der Waals surface area contributed by atoms with Crippen molar-refractivity contribution in [2.45, 2.75) is 19.6 Å². The van der Waals surface area contributed by atoms with Gasteiger partial charge in [0.25, 0.3) is 0 Å². The Morgan fingerprint density at radius 2 is 1.82 bits per heavy atom. The first-order valence-corrected chi connectivity index (χ1v) is 8.53. The summed E-state index contributed by atoms with van der Waals surface area (Å²) in [5.74, 6) is -0.169. The highest BCUT2D eigenvalue weighted by Crippen LogP contribution is 2.20. The maximum absolute atomic E-state index is 12.4. The van der Waals surface area contributed by atoms with Crippen LogP contribution in [0.15, 0.2) is 53.4 Å². The van der Waals surface area contributed by atoms with Crippen LogP contribution in [0.3, 0.4) is 0 Å². The van der Waals surface area contributed by atoms with Crippen LogP contribution in [0.1, 0.15) is 22.3 Å². The molecule has 0 saturated heterocycles. The molecule has 0 aromatic heterocycles. The Kier molecular flexibility index (Phi) is 4.79. The highest BCUT2D eigenvalue weighted by molar-refractivity contribution is 7.95. The molecule has 0 aliphatic rings. The molecule has 0 unspecified atom stereocenters. The molecule has 2 aromatic carbocycles. The minimum absolute atomic E-state index is 0.169. The predicted molar refractivity (Wildman–Crippen MR) is 88.6 cm³/mol. The summed E-state index contributed by atoms with van der Waals surface area (Å²) in [6, 6.07) is 16.5. The van der Waals surface area contributed by atoms with Crippen LogP contribution in [0, 0.1) is 25.2 Å². The van der Waals surface area contributed by atoms with Gasteiger partial charge in [0, 0.05) is 0 Å². The summed E-state index contributed by atoms with van der Waals surface area (Å²) in [5, 5.41) is 9.26. The summed E-state index contributed by atoms with van der Waals surface area (Å²) in [4.78, 5) is -0.204. The quantitative estimate of drug-likeness (QED) is 0.807. The van der Waals surface area contributed by atoms with Crippen molar-refractivity contribution in [2.24, 2.45) is 0 Å². The van der Waals surface area contributed by atoms with Crippen LogP contribution in [0.25, 0.3) is 6.08 Å². The Morgan fingerprint density at radius 3 is 2.45 bits per heavy atom. The van der Waals surface area contributed by atoms with Crippen molar-refractivity contribution in [3.05, 3.63) is 75.7 Å². The molecule has 0 bridgehead atoms. The van der Waals surface area contributed by atoms with E-state index < -0.39 is 9.84 Å². The van der Waals surface area contributed by atoms with Gasteiger partial charge in [-0.05, 0) is 36.6 Å². The summed E-state index contributed by atoms with van der Waals surface area (Å²) >= 11 is 0. The van der Waals surface area contributed by atoms with E-state index in [2.05, 4.69) is 0 Å². The second-order valence-electron chi connectivity index (χ2n) is 5.23. The topological polar surface area (TPSA) is 57.9 Å². The van der Waals surface area contributed by atoms with E-state index in [1.807, 2.05) is 44.2 Å². The van der Waals surface area contributed by atoms with Crippen LogP contribution in [0.5, 0.6) is 0 Å². The molecule has 0 amide bonds. The Morgan fingerprint density at radius 1 is 1.14 bits per heavy atom. The van der Waals surface area contributed by atoms with Gasteiger partial charge in [0.15, 0.2) is 9.84 Å². The number of nitriles is 1. The van der Waals surface area contributed by atoms with Crippen LogP contribution >= 0.6 is 0 Å². The molecule has 0 atom stereocenters. The first-order valence-electron chi connectivity index (χ1n) is 6.88. The molecule has 2 aromatic rings. The highest BCUT2D eigenvalue weighted by Gasteiger charge is 2.18. The van der Waals surface area contributed by atoms with E-state index in [0.29, 0.717) is 5.56 Å². The molecular formula is C18H17NO2S. The van der Waals surface area contributed by atoms with E-state index in [-0.39, 0.29) is 10.7 Å². The van der Waals surface area contributed by atoms with Gasteiger partial charge in [-0.25, -0.2) is 8.42 Å². The zero-order chi connectivity index (χ0) is 16.2. The third-order valence-corrected chi connectivity index (χ3v) is 4.96. The molecule has 112 valence electrons. The first-order chi connectivity index (χ1) is 10.4. The number of benzene rings is 2. The van der Waals surface area contributed by atoms with Crippen molar-refractivity contribution >= 4 is 15.9 Å². The van der Waals surface area contributed by atoms with Gasteiger partial charge in [0.05, 0.1) is 5.75 Å². The van der Waals surface area contributed by atoms with Crippen LogP contribution in [-0.2, 0) is 15.6 Å². The lowest BCUT2D eigenvalue weighted by molar-refractivity contribution is 0.602. The molecule has 22 heavy (non-hydrogen) atoms. The molecule has 2 rings (SSSR count). The van der Waals surface area contributed by atoms with E-state index in [0.717, 1.165) is 16.7 Å². The summed E-state index contributed by atoms with van der Waals surface area (Å²) in [7, 11) is -3.65. The van der Waals surface area contributed by atoms with Crippen LogP contribution < -0.4 is 0 Å². The molecule has 0 N–H and O–H groups in total. The van der Waals surface area contributed by atoms with E-state index in [1.54, 1.807) is 24.3 Å². The fourth-order valence-corrected chi connectivity index (χ4v) is 3.35. The SMILES string of the molecule is Cc1ccc(C)c(C=C(C#N)S(=O)(=O)Cc2ccccc2)c1. The van der Waals surface area contributed by atoms with Gasteiger partial charge in [-0.15, -0.1) is 0 Å². The fraction of sp³-hybridized carbons (Fsp3) is 0.167. The van der Waals surface area contributed by atoms with Crippen molar-refractivity contribution < 1.29 is 8.42 Å². The molecule has 0 heterocycles. The molecule has 0 aliphatic heterocycles. The van der Waals surface area contributed by atoms with Gasteiger partial charge >= 0.3 is 0 Å². The fourth-order valence-electron chi connectivity index (χ4n) is 2.12. The summed E-state index contributed by atoms with van der Waals surface area (Å²) < 4.78 is 24.9. The van der Waals surface area contributed by atoms with Gasteiger partial charge in [0.1, 0.15) is 11.0 Å². The lowest BCUT2D eigenvalue weighted by atomic mass is 10.1. The number of sulfone groups is 1. The minimum Gasteiger partial charge on any atom is -0.223 e. The number of aryl methyl sites for hydroxylation is 2. The first kappa shape index (κ1) is 16.0. The average Bonchev–Trinajstić information content (AvgIpc) is 2.48. The number of hydrogen-bond acceptors (Lipinski definition) is 3. The van der Waals surface area contributed by atoms with E-state index in [4.69, 9.17) is 0 Å². The molecule has 3 nitrogen and oxygen atoms in total. The monoisotopic (exact) mass is 311 g/mol. The standard InChI is InChI=1S/C18H17NO2S/c1-14-8-9-15(2)17(10-14)11-18(12-19)22(20,21)13-16-6-4-3-5-7-16/h3-11H,13H2,1-2H3. The molecule has 0 fully saturated rings. The summed E-state index contributed by atoms with van der Waals surface area (Å²) in [6.07, 6.45) is 1.46. The predicted octanol–water partition coefficient (Wildman–Crippen LogP) is 3.78. The van der Waals surface area contributed by atoms with E-state index in [1.165, 1.54) is 6.08 Å². The van der Waals surface area contributed by atoms with Crippen molar-refractivity contribution in [3.8, 4) is 6.07 Å². The Labute approximate surface area is 131 Å². The Balaban J connectivity index is 2.41. The van der Waals surface area contributed by atoms with Crippen molar-refractivity contribution in [2.75, 3.05) is 0 Å². The lowest BCUT2D eigenvalue weighted by Crippen LogP contribution is -2.06. The number of nitrogens with zero attached hydrogens (tertiary/aromatic N) is 1. The number of rotatable bonds is 4. The molecular weight excluding hydrogens is 294 g/mol. The zero-order valence-corrected chi connectivity index (χ0v) is 13.4. The van der Waals surface area contributed by atoms with Crippen LogP contribution in [0.4, 0.5) is 0 Å². The molecule has 4 heteroatoms. The average molecular weight is 311 g/mol. The minimum atomic E-state index is -3.65. The van der Waals surface area contributed by atoms with Crippen molar-refractivity contribution in [1.29, 1.82) is 5.26 Å². The Bertz CT molecular complexity index is 844. The maximum Gasteiger partial charge on any atom is 0.192 e. The number of allylic oxidation sites excluding steroid dienone is 1. The number of hydrogen-bond donors (Lipinski definition) is 0. The largest absolute Gasteiger partial charge is 0.223 e. The van der Waals surface area contributed by atoms with Gasteiger partial charge in [-0.2, -0.15) is 5.26 Å². The van der Waals surface area contributed by atoms with E-state index >= 15 is 0 Å². The zero-order valence-electron chi connectivity index (χ0n) is 12.6. The third kappa shape index (κ3) is 3.84. The van der Waals surface area contributed by atoms with E-state index in [9.17, 15) is 13.7 Å². The molecule has 0 radical (unpaired) electrons. The highest BCUT2D eigenvalue weighted by atomic mass is 32.2. The summed E-state index contributed by atoms with van der Waals surface area (Å²) in [6.45, 7) is 3.82. The van der Waals surface area contributed by atoms with Gasteiger partial charge in [0.2, 0.25) is 0 Å². The van der Waals surface area contributed by atoms with Crippen LogP contribution in [0.2, 0.25) is 0 Å². The smallest absolute Gasteiger partial charge is 0.192 e. The van der Waals surface area contributed by atoms with Gasteiger partial charge in [-0.1, -0.05) is 54.1 Å². The third-order valence-electron chi connectivity index (χ3n) is 3.37. The Hall–Kier alpha value is -2.38. The van der Waals surface area contributed by atoms with Gasteiger partial charge < -0.3 is 0 Å². The van der Waals surface area contributed by atoms with Crippen molar-refractivity contribution in [1.82, 2.24) is 0 Å². The second-order valence-corrected chi connectivity index (χ2v) is 7.18. The second kappa shape index (κ2) is 6.59. The van der Waals surface area contributed by atoms with Gasteiger partial charge in [-0.3, -0.25) is 0 Å². The molecule has 0 saturated carbocycles. The molecule has 0 aliphatic carbocycles. The normalized spacial score (nSPS) is 12.0. The maximum atomic E-state index is 12.4.